The molecule has 0 fully saturated rings. The number of para-hydroxylation sites is 1. The predicted octanol–water partition coefficient (Wildman–Crippen LogP) is 3.73. The molecule has 2 N–H and O–H groups in total. The molecule has 0 heterocycles. The molecule has 2 amide bonds. The molecule has 3 rings (SSSR count). The minimum atomic E-state index is -0.834. The molecule has 0 bridgehead atoms. The summed E-state index contributed by atoms with van der Waals surface area (Å²) in [7, 11) is 0. The Balaban J connectivity index is 1.49. The van der Waals surface area contributed by atoms with E-state index in [9.17, 15) is 9.59 Å². The lowest BCUT2D eigenvalue weighted by Gasteiger charge is -2.10. The van der Waals surface area contributed by atoms with Gasteiger partial charge in [-0.25, -0.2) is 5.43 Å². The molecule has 0 saturated heterocycles. The number of hydrogen-bond acceptors (Lipinski definition) is 4. The van der Waals surface area contributed by atoms with Crippen LogP contribution < -0.4 is 15.5 Å². The Morgan fingerprint density at radius 1 is 0.903 bits per heavy atom. The van der Waals surface area contributed by atoms with E-state index in [-0.39, 0.29) is 0 Å². The molecule has 0 saturated carbocycles. The van der Waals surface area contributed by atoms with Crippen LogP contribution in [0.2, 0.25) is 5.02 Å². The van der Waals surface area contributed by atoms with Gasteiger partial charge in [0.25, 0.3) is 0 Å². The first-order valence-electron chi connectivity index (χ1n) is 9.74. The zero-order valence-electron chi connectivity index (χ0n) is 16.8. The van der Waals surface area contributed by atoms with E-state index in [0.717, 1.165) is 11.1 Å². The van der Waals surface area contributed by atoms with Crippen LogP contribution in [0.4, 0.5) is 0 Å². The summed E-state index contributed by atoms with van der Waals surface area (Å²) < 4.78 is 5.84. The fourth-order valence-corrected chi connectivity index (χ4v) is 2.94. The molecule has 0 aromatic heterocycles. The summed E-state index contributed by atoms with van der Waals surface area (Å²) in [6.45, 7) is 0.652. The lowest BCUT2D eigenvalue weighted by atomic mass is 10.1. The minimum absolute atomic E-state index is 0.292. The molecule has 0 unspecified atom stereocenters. The van der Waals surface area contributed by atoms with Gasteiger partial charge >= 0.3 is 11.8 Å². The number of hydrazone groups is 1. The number of benzene rings is 3. The van der Waals surface area contributed by atoms with Gasteiger partial charge in [-0.3, -0.25) is 9.59 Å². The molecule has 0 aliphatic carbocycles. The van der Waals surface area contributed by atoms with Crippen LogP contribution in [0.25, 0.3) is 0 Å². The van der Waals surface area contributed by atoms with Gasteiger partial charge in [0.1, 0.15) is 12.4 Å². The molecular weight excluding hydrogens is 414 g/mol. The summed E-state index contributed by atoms with van der Waals surface area (Å²) in [5, 5.41) is 7.07. The van der Waals surface area contributed by atoms with Crippen molar-refractivity contribution in [3.63, 3.8) is 0 Å². The standard InChI is InChI=1S/C24H22ClN3O3/c25-21-12-6-4-11-20(21)17-31-22-13-7-5-10-19(22)16-27-28-24(30)23(29)26-15-14-18-8-2-1-3-9-18/h1-13,16H,14-15,17H2,(H,26,29)(H,28,30)/b27-16-. The zero-order valence-corrected chi connectivity index (χ0v) is 17.5. The second-order valence-electron chi connectivity index (χ2n) is 6.61. The number of carbonyl (C=O) groups excluding carboxylic acids is 2. The molecule has 3 aromatic rings. The average molecular weight is 436 g/mol. The van der Waals surface area contributed by atoms with Crippen molar-refractivity contribution in [1.82, 2.24) is 10.7 Å². The highest BCUT2D eigenvalue weighted by atomic mass is 35.5. The van der Waals surface area contributed by atoms with Gasteiger partial charge in [-0.2, -0.15) is 5.10 Å². The SMILES string of the molecule is O=C(NCCc1ccccc1)C(=O)N/N=C\c1ccccc1OCc1ccccc1Cl. The quantitative estimate of drug-likeness (QED) is 0.321. The van der Waals surface area contributed by atoms with E-state index in [4.69, 9.17) is 16.3 Å². The summed E-state index contributed by atoms with van der Waals surface area (Å²) in [4.78, 5) is 23.8. The van der Waals surface area contributed by atoms with Gasteiger partial charge in [-0.15, -0.1) is 0 Å². The molecule has 158 valence electrons. The maximum absolute atomic E-state index is 11.9. The summed E-state index contributed by atoms with van der Waals surface area (Å²) in [6.07, 6.45) is 2.07. The van der Waals surface area contributed by atoms with Crippen LogP contribution in [0.5, 0.6) is 5.75 Å². The molecule has 0 aliphatic rings. The maximum atomic E-state index is 11.9. The summed E-state index contributed by atoms with van der Waals surface area (Å²) in [6, 6.07) is 24.4. The highest BCUT2D eigenvalue weighted by Gasteiger charge is 2.11. The van der Waals surface area contributed by atoms with Crippen molar-refractivity contribution in [2.75, 3.05) is 6.54 Å². The van der Waals surface area contributed by atoms with Gasteiger partial charge in [0.05, 0.1) is 6.21 Å². The Bertz CT molecular complexity index is 1050. The zero-order chi connectivity index (χ0) is 21.9. The van der Waals surface area contributed by atoms with Crippen molar-refractivity contribution < 1.29 is 14.3 Å². The predicted molar refractivity (Wildman–Crippen MR) is 121 cm³/mol. The molecule has 31 heavy (non-hydrogen) atoms. The first-order valence-corrected chi connectivity index (χ1v) is 10.1. The molecule has 7 heteroatoms. The van der Waals surface area contributed by atoms with Gasteiger partial charge in [-0.1, -0.05) is 72.3 Å². The molecule has 3 aromatic carbocycles. The van der Waals surface area contributed by atoms with E-state index < -0.39 is 11.8 Å². The number of carbonyl (C=O) groups is 2. The van der Waals surface area contributed by atoms with Crippen molar-refractivity contribution in [3.8, 4) is 5.75 Å². The van der Waals surface area contributed by atoms with E-state index in [1.165, 1.54) is 6.21 Å². The van der Waals surface area contributed by atoms with Crippen LogP contribution in [-0.4, -0.2) is 24.6 Å². The Morgan fingerprint density at radius 3 is 2.42 bits per heavy atom. The van der Waals surface area contributed by atoms with Gasteiger partial charge in [-0.05, 0) is 30.2 Å². The molecule has 0 radical (unpaired) electrons. The Kier molecular flexibility index (Phi) is 8.20. The average Bonchev–Trinajstić information content (AvgIpc) is 2.80. The number of rotatable bonds is 8. The van der Waals surface area contributed by atoms with Crippen molar-refractivity contribution in [1.29, 1.82) is 0 Å². The van der Waals surface area contributed by atoms with Gasteiger partial charge in [0, 0.05) is 22.7 Å². The Labute approximate surface area is 185 Å². The maximum Gasteiger partial charge on any atom is 0.329 e. The molecule has 0 aliphatic heterocycles. The number of nitrogens with one attached hydrogen (secondary N) is 2. The lowest BCUT2D eigenvalue weighted by Crippen LogP contribution is -2.38. The fourth-order valence-electron chi connectivity index (χ4n) is 2.75. The summed E-state index contributed by atoms with van der Waals surface area (Å²) in [5.74, 6) is -0.997. The van der Waals surface area contributed by atoms with E-state index in [1.54, 1.807) is 18.2 Å². The van der Waals surface area contributed by atoms with Crippen molar-refractivity contribution in [2.45, 2.75) is 13.0 Å². The number of hydrogen-bond donors (Lipinski definition) is 2. The molecular formula is C24H22ClN3O3. The highest BCUT2D eigenvalue weighted by molar-refractivity contribution is 6.35. The minimum Gasteiger partial charge on any atom is -0.488 e. The second-order valence-corrected chi connectivity index (χ2v) is 7.02. The van der Waals surface area contributed by atoms with Crippen LogP contribution in [-0.2, 0) is 22.6 Å². The third kappa shape index (κ3) is 6.97. The number of halogens is 1. The van der Waals surface area contributed by atoms with E-state index in [2.05, 4.69) is 15.8 Å². The Morgan fingerprint density at radius 2 is 1.61 bits per heavy atom. The summed E-state index contributed by atoms with van der Waals surface area (Å²) in [5.41, 5.74) is 4.82. The second kappa shape index (κ2) is 11.5. The van der Waals surface area contributed by atoms with Crippen LogP contribution in [0.1, 0.15) is 16.7 Å². The van der Waals surface area contributed by atoms with Crippen molar-refractivity contribution in [2.24, 2.45) is 5.10 Å². The van der Waals surface area contributed by atoms with E-state index in [0.29, 0.717) is 35.9 Å². The van der Waals surface area contributed by atoms with Crippen LogP contribution in [0.15, 0.2) is 84.0 Å². The molecule has 0 atom stereocenters. The van der Waals surface area contributed by atoms with E-state index >= 15 is 0 Å². The number of nitrogens with zero attached hydrogens (tertiary/aromatic N) is 1. The molecule has 6 nitrogen and oxygen atoms in total. The van der Waals surface area contributed by atoms with Gasteiger partial charge in [0.2, 0.25) is 0 Å². The fraction of sp³-hybridized carbons (Fsp3) is 0.125. The van der Waals surface area contributed by atoms with Gasteiger partial charge in [0.15, 0.2) is 0 Å². The van der Waals surface area contributed by atoms with Crippen molar-refractivity contribution >= 4 is 29.6 Å². The third-order valence-corrected chi connectivity index (χ3v) is 4.75. The van der Waals surface area contributed by atoms with Crippen LogP contribution in [0.3, 0.4) is 0 Å². The first-order chi connectivity index (χ1) is 15.1. The number of ether oxygens (including phenoxy) is 1. The normalized spacial score (nSPS) is 10.6. The van der Waals surface area contributed by atoms with Crippen LogP contribution in [0, 0.1) is 0 Å². The van der Waals surface area contributed by atoms with Crippen molar-refractivity contribution in [3.05, 3.63) is 101 Å². The smallest absolute Gasteiger partial charge is 0.329 e. The van der Waals surface area contributed by atoms with Gasteiger partial charge < -0.3 is 10.1 Å². The highest BCUT2D eigenvalue weighted by Crippen LogP contribution is 2.20. The largest absolute Gasteiger partial charge is 0.488 e. The van der Waals surface area contributed by atoms with Crippen LogP contribution >= 0.6 is 11.6 Å². The first kappa shape index (κ1) is 22.1. The van der Waals surface area contributed by atoms with E-state index in [1.807, 2.05) is 60.7 Å². The lowest BCUT2D eigenvalue weighted by molar-refractivity contribution is -0.139. The Hall–Kier alpha value is -3.64. The number of amides is 2. The summed E-state index contributed by atoms with van der Waals surface area (Å²) >= 11 is 6.16. The monoisotopic (exact) mass is 435 g/mol. The third-order valence-electron chi connectivity index (χ3n) is 4.38. The molecule has 0 spiro atoms. The topological polar surface area (TPSA) is 79.8 Å².